The number of methoxy groups -OCH3 is 1. The molecule has 1 aliphatic rings. The predicted molar refractivity (Wildman–Crippen MR) is 118 cm³/mol. The number of nitrogens with one attached hydrogen (secondary N) is 2. The molecule has 1 heterocycles. The highest BCUT2D eigenvalue weighted by atomic mass is 16.5. The minimum Gasteiger partial charge on any atom is -0.497 e. The molecule has 0 saturated carbocycles. The zero-order valence-corrected chi connectivity index (χ0v) is 18.2. The van der Waals surface area contributed by atoms with Crippen molar-refractivity contribution in [2.24, 2.45) is 0 Å². The summed E-state index contributed by atoms with van der Waals surface area (Å²) < 4.78 is 10.6. The topological polar surface area (TPSA) is 79.9 Å². The lowest BCUT2D eigenvalue weighted by Crippen LogP contribution is -2.48. The van der Waals surface area contributed by atoms with Crippen LogP contribution in [-0.4, -0.2) is 43.7 Å². The van der Waals surface area contributed by atoms with E-state index < -0.39 is 12.0 Å². The minimum atomic E-state index is -0.607. The highest BCUT2D eigenvalue weighted by Crippen LogP contribution is 2.29. The maximum atomic E-state index is 12.9. The second-order valence-electron chi connectivity index (χ2n) is 7.21. The molecule has 1 unspecified atom stereocenters. The van der Waals surface area contributed by atoms with Crippen LogP contribution in [0.3, 0.4) is 0 Å². The van der Waals surface area contributed by atoms with Crippen molar-refractivity contribution in [2.75, 3.05) is 26.8 Å². The first kappa shape index (κ1) is 22.4. The average molecular weight is 424 g/mol. The van der Waals surface area contributed by atoms with E-state index in [1.54, 1.807) is 26.2 Å². The summed E-state index contributed by atoms with van der Waals surface area (Å²) in [5, 5.41) is 5.70. The molecule has 31 heavy (non-hydrogen) atoms. The standard InChI is InChI=1S/C24H29N3O4/c1-4-27(15-17-9-7-6-8-10-17)16-20-21(23(28)31-5-2)22(26-24(29)25-20)18-11-13-19(30-3)14-12-18/h6-14,22H,4-5,15-16H2,1-3H3,(H2,25,26,29). The van der Waals surface area contributed by atoms with E-state index in [-0.39, 0.29) is 12.6 Å². The molecule has 0 aliphatic carbocycles. The van der Waals surface area contributed by atoms with Crippen LogP contribution in [0.5, 0.6) is 5.75 Å². The van der Waals surface area contributed by atoms with Crippen molar-refractivity contribution in [3.05, 3.63) is 77.0 Å². The lowest BCUT2D eigenvalue weighted by molar-refractivity contribution is -0.139. The van der Waals surface area contributed by atoms with Crippen molar-refractivity contribution in [2.45, 2.75) is 26.4 Å². The molecule has 1 aliphatic heterocycles. The van der Waals surface area contributed by atoms with Gasteiger partial charge in [0.15, 0.2) is 0 Å². The predicted octanol–water partition coefficient (Wildman–Crippen LogP) is 3.39. The Morgan fingerprint density at radius 2 is 1.74 bits per heavy atom. The lowest BCUT2D eigenvalue weighted by Gasteiger charge is -2.32. The average Bonchev–Trinajstić information content (AvgIpc) is 2.79. The van der Waals surface area contributed by atoms with Gasteiger partial charge in [-0.2, -0.15) is 0 Å². The first-order chi connectivity index (χ1) is 15.0. The lowest BCUT2D eigenvalue weighted by atomic mass is 9.94. The molecule has 7 nitrogen and oxygen atoms in total. The van der Waals surface area contributed by atoms with E-state index in [0.29, 0.717) is 30.1 Å². The summed E-state index contributed by atoms with van der Waals surface area (Å²) in [7, 11) is 1.59. The molecule has 0 saturated heterocycles. The number of esters is 1. The molecule has 2 N–H and O–H groups in total. The Bertz CT molecular complexity index is 926. The SMILES string of the molecule is CCOC(=O)C1=C(CN(CC)Cc2ccccc2)NC(=O)NC1c1ccc(OC)cc1. The molecule has 0 radical (unpaired) electrons. The second kappa shape index (κ2) is 10.6. The number of carbonyl (C=O) groups is 2. The molecular weight excluding hydrogens is 394 g/mol. The molecule has 2 aromatic rings. The number of nitrogens with zero attached hydrogens (tertiary/aromatic N) is 1. The summed E-state index contributed by atoms with van der Waals surface area (Å²) in [6, 6.07) is 16.4. The minimum absolute atomic E-state index is 0.250. The molecule has 0 fully saturated rings. The van der Waals surface area contributed by atoms with E-state index in [1.165, 1.54) is 0 Å². The Balaban J connectivity index is 1.96. The molecule has 0 spiro atoms. The van der Waals surface area contributed by atoms with E-state index in [1.807, 2.05) is 30.3 Å². The number of amides is 2. The van der Waals surface area contributed by atoms with Crippen LogP contribution in [0.25, 0.3) is 0 Å². The Labute approximate surface area is 183 Å². The first-order valence-corrected chi connectivity index (χ1v) is 10.4. The van der Waals surface area contributed by atoms with Gasteiger partial charge in [-0.3, -0.25) is 4.90 Å². The number of benzene rings is 2. The van der Waals surface area contributed by atoms with Crippen molar-refractivity contribution < 1.29 is 19.1 Å². The van der Waals surface area contributed by atoms with Crippen LogP contribution >= 0.6 is 0 Å². The van der Waals surface area contributed by atoms with Gasteiger partial charge < -0.3 is 20.1 Å². The molecule has 7 heteroatoms. The third kappa shape index (κ3) is 5.64. The summed E-state index contributed by atoms with van der Waals surface area (Å²) in [5.41, 5.74) is 2.91. The summed E-state index contributed by atoms with van der Waals surface area (Å²) in [5.74, 6) is 0.257. The molecular formula is C24H29N3O4. The van der Waals surface area contributed by atoms with Crippen LogP contribution in [0.1, 0.15) is 31.0 Å². The molecule has 3 rings (SSSR count). The summed E-state index contributed by atoms with van der Waals surface area (Å²) >= 11 is 0. The van der Waals surface area contributed by atoms with Gasteiger partial charge in [-0.1, -0.05) is 49.4 Å². The molecule has 2 aromatic carbocycles. The van der Waals surface area contributed by atoms with Crippen LogP contribution in [0.15, 0.2) is 65.9 Å². The van der Waals surface area contributed by atoms with Gasteiger partial charge in [-0.05, 0) is 36.7 Å². The van der Waals surface area contributed by atoms with Crippen molar-refractivity contribution in [3.63, 3.8) is 0 Å². The van der Waals surface area contributed by atoms with E-state index in [0.717, 1.165) is 17.7 Å². The largest absolute Gasteiger partial charge is 0.497 e. The number of ether oxygens (including phenoxy) is 2. The third-order valence-electron chi connectivity index (χ3n) is 5.18. The molecule has 0 aromatic heterocycles. The van der Waals surface area contributed by atoms with Crippen molar-refractivity contribution in [1.82, 2.24) is 15.5 Å². The molecule has 2 amide bonds. The van der Waals surface area contributed by atoms with Gasteiger partial charge in [0.1, 0.15) is 5.75 Å². The zero-order chi connectivity index (χ0) is 22.2. The number of hydrogen-bond acceptors (Lipinski definition) is 5. The summed E-state index contributed by atoms with van der Waals surface area (Å²) in [6.07, 6.45) is 0. The van der Waals surface area contributed by atoms with E-state index in [4.69, 9.17) is 9.47 Å². The van der Waals surface area contributed by atoms with Crippen LogP contribution in [0.4, 0.5) is 4.79 Å². The van der Waals surface area contributed by atoms with Crippen molar-refractivity contribution in [3.8, 4) is 5.75 Å². The first-order valence-electron chi connectivity index (χ1n) is 10.4. The fourth-order valence-electron chi connectivity index (χ4n) is 3.58. The van der Waals surface area contributed by atoms with Gasteiger partial charge in [-0.25, -0.2) is 9.59 Å². The van der Waals surface area contributed by atoms with Gasteiger partial charge >= 0.3 is 12.0 Å². The third-order valence-corrected chi connectivity index (χ3v) is 5.18. The number of carbonyl (C=O) groups excluding carboxylic acids is 2. The Morgan fingerprint density at radius 3 is 2.35 bits per heavy atom. The highest BCUT2D eigenvalue weighted by molar-refractivity contribution is 5.95. The van der Waals surface area contributed by atoms with Gasteiger partial charge in [0.05, 0.1) is 25.3 Å². The van der Waals surface area contributed by atoms with E-state index in [9.17, 15) is 9.59 Å². The molecule has 0 bridgehead atoms. The number of urea groups is 1. The fourth-order valence-corrected chi connectivity index (χ4v) is 3.58. The number of likely N-dealkylation sites (N-methyl/N-ethyl adjacent to an activating group) is 1. The van der Waals surface area contributed by atoms with Crippen molar-refractivity contribution >= 4 is 12.0 Å². The van der Waals surface area contributed by atoms with Gasteiger partial charge in [0.25, 0.3) is 0 Å². The monoisotopic (exact) mass is 423 g/mol. The van der Waals surface area contributed by atoms with Gasteiger partial charge in [-0.15, -0.1) is 0 Å². The Hall–Kier alpha value is -3.32. The maximum absolute atomic E-state index is 12.9. The fraction of sp³-hybridized carbons (Fsp3) is 0.333. The van der Waals surface area contributed by atoms with Gasteiger partial charge in [0, 0.05) is 18.8 Å². The van der Waals surface area contributed by atoms with Crippen LogP contribution in [-0.2, 0) is 16.1 Å². The smallest absolute Gasteiger partial charge is 0.338 e. The second-order valence-corrected chi connectivity index (χ2v) is 7.21. The van der Waals surface area contributed by atoms with E-state index in [2.05, 4.69) is 34.6 Å². The van der Waals surface area contributed by atoms with Crippen LogP contribution in [0.2, 0.25) is 0 Å². The number of rotatable bonds is 9. The highest BCUT2D eigenvalue weighted by Gasteiger charge is 2.34. The zero-order valence-electron chi connectivity index (χ0n) is 18.2. The Kier molecular flexibility index (Phi) is 7.67. The van der Waals surface area contributed by atoms with Gasteiger partial charge in [0.2, 0.25) is 0 Å². The van der Waals surface area contributed by atoms with Crippen LogP contribution < -0.4 is 15.4 Å². The normalized spacial score (nSPS) is 16.0. The number of hydrogen-bond donors (Lipinski definition) is 2. The summed E-state index contributed by atoms with van der Waals surface area (Å²) in [4.78, 5) is 27.6. The van der Waals surface area contributed by atoms with E-state index >= 15 is 0 Å². The molecule has 1 atom stereocenters. The van der Waals surface area contributed by atoms with Crippen molar-refractivity contribution in [1.29, 1.82) is 0 Å². The Morgan fingerprint density at radius 1 is 1.03 bits per heavy atom. The quantitative estimate of drug-likeness (QED) is 0.605. The van der Waals surface area contributed by atoms with Crippen LogP contribution in [0, 0.1) is 0 Å². The molecule has 164 valence electrons. The summed E-state index contributed by atoms with van der Waals surface area (Å²) in [6.45, 7) is 5.94. The maximum Gasteiger partial charge on any atom is 0.338 e.